The van der Waals surface area contributed by atoms with Gasteiger partial charge in [-0.1, -0.05) is 6.92 Å². The topological polar surface area (TPSA) is 47.7 Å². The highest BCUT2D eigenvalue weighted by Crippen LogP contribution is 2.01. The monoisotopic (exact) mass is 261 g/mol. The zero-order valence-electron chi connectivity index (χ0n) is 11.8. The molecule has 2 rings (SSSR count). The first kappa shape index (κ1) is 13.8. The van der Waals surface area contributed by atoms with Crippen LogP contribution in [-0.4, -0.2) is 32.2 Å². The predicted molar refractivity (Wildman–Crippen MR) is 76.0 cm³/mol. The number of rotatable bonds is 8. The van der Waals surface area contributed by atoms with Gasteiger partial charge in [0.2, 0.25) is 0 Å². The van der Waals surface area contributed by atoms with Gasteiger partial charge in [-0.25, -0.2) is 9.97 Å². The van der Waals surface area contributed by atoms with Crippen molar-refractivity contribution in [3.63, 3.8) is 0 Å². The lowest BCUT2D eigenvalue weighted by Gasteiger charge is -2.02. The molecule has 0 aliphatic carbocycles. The lowest BCUT2D eigenvalue weighted by molar-refractivity contribution is 0.647. The smallest absolute Gasteiger partial charge is 0.110 e. The summed E-state index contributed by atoms with van der Waals surface area (Å²) in [5.74, 6) is 1.11. The normalized spacial score (nSPS) is 11.1. The Labute approximate surface area is 114 Å². The highest BCUT2D eigenvalue weighted by Gasteiger charge is 2.02. The maximum absolute atomic E-state index is 4.43. The van der Waals surface area contributed by atoms with Crippen molar-refractivity contribution in [3.8, 4) is 0 Å². The van der Waals surface area contributed by atoms with Crippen LogP contribution in [0.4, 0.5) is 0 Å². The van der Waals surface area contributed by atoms with Crippen molar-refractivity contribution in [1.29, 1.82) is 0 Å². The second-order valence-electron chi connectivity index (χ2n) is 4.81. The zero-order valence-corrected chi connectivity index (χ0v) is 11.8. The van der Waals surface area contributed by atoms with Crippen molar-refractivity contribution in [3.05, 3.63) is 36.4 Å². The van der Waals surface area contributed by atoms with E-state index in [0.29, 0.717) is 0 Å². The molecule has 0 aliphatic heterocycles. The van der Waals surface area contributed by atoms with Gasteiger partial charge in [0.25, 0.3) is 0 Å². The molecule has 104 valence electrons. The van der Waals surface area contributed by atoms with E-state index >= 15 is 0 Å². The number of imidazole rings is 2. The van der Waals surface area contributed by atoms with E-state index < -0.39 is 0 Å². The number of hydrogen-bond acceptors (Lipinski definition) is 3. The van der Waals surface area contributed by atoms with Crippen LogP contribution in [0.1, 0.15) is 24.9 Å². The van der Waals surface area contributed by atoms with Crippen molar-refractivity contribution < 1.29 is 0 Å². The van der Waals surface area contributed by atoms with E-state index in [-0.39, 0.29) is 0 Å². The standard InChI is InChI=1S/C14H23N5/c1-3-6-15-7-4-13-11-19(12-17-13)9-5-14-16-8-10-18(14)2/h8,10-12,15H,3-7,9H2,1-2H3. The van der Waals surface area contributed by atoms with E-state index in [0.717, 1.165) is 44.0 Å². The second-order valence-corrected chi connectivity index (χ2v) is 4.81. The van der Waals surface area contributed by atoms with Gasteiger partial charge in [0, 0.05) is 51.6 Å². The van der Waals surface area contributed by atoms with Crippen molar-refractivity contribution in [2.75, 3.05) is 13.1 Å². The minimum Gasteiger partial charge on any atom is -0.338 e. The van der Waals surface area contributed by atoms with Crippen LogP contribution in [-0.2, 0) is 26.4 Å². The molecule has 0 atom stereocenters. The van der Waals surface area contributed by atoms with Gasteiger partial charge in [0.05, 0.1) is 12.0 Å². The first-order valence-electron chi connectivity index (χ1n) is 6.97. The average Bonchev–Trinajstić information content (AvgIpc) is 3.01. The largest absolute Gasteiger partial charge is 0.338 e. The van der Waals surface area contributed by atoms with E-state index in [9.17, 15) is 0 Å². The fourth-order valence-electron chi connectivity index (χ4n) is 2.04. The Morgan fingerprint density at radius 2 is 2.11 bits per heavy atom. The second kappa shape index (κ2) is 7.09. The van der Waals surface area contributed by atoms with Crippen molar-refractivity contribution in [2.45, 2.75) is 32.7 Å². The Morgan fingerprint density at radius 1 is 1.21 bits per heavy atom. The van der Waals surface area contributed by atoms with Crippen molar-refractivity contribution in [2.24, 2.45) is 7.05 Å². The van der Waals surface area contributed by atoms with Gasteiger partial charge in [-0.3, -0.25) is 0 Å². The Balaban J connectivity index is 1.76. The molecule has 0 bridgehead atoms. The van der Waals surface area contributed by atoms with Gasteiger partial charge in [-0.15, -0.1) is 0 Å². The molecular weight excluding hydrogens is 238 g/mol. The molecule has 5 heteroatoms. The van der Waals surface area contributed by atoms with E-state index in [2.05, 4.69) is 37.5 Å². The number of aryl methyl sites for hydroxylation is 3. The van der Waals surface area contributed by atoms with Crippen LogP contribution in [0.2, 0.25) is 0 Å². The Bertz CT molecular complexity index is 485. The van der Waals surface area contributed by atoms with Crippen LogP contribution < -0.4 is 5.32 Å². The van der Waals surface area contributed by atoms with Crippen molar-refractivity contribution in [1.82, 2.24) is 24.4 Å². The van der Waals surface area contributed by atoms with Crippen LogP contribution >= 0.6 is 0 Å². The number of nitrogens with one attached hydrogen (secondary N) is 1. The third-order valence-corrected chi connectivity index (χ3v) is 3.19. The molecule has 0 fully saturated rings. The molecule has 0 aliphatic rings. The maximum Gasteiger partial charge on any atom is 0.110 e. The van der Waals surface area contributed by atoms with Gasteiger partial charge in [-0.2, -0.15) is 0 Å². The predicted octanol–water partition coefficient (Wildman–Crippen LogP) is 1.40. The van der Waals surface area contributed by atoms with E-state index in [1.807, 2.05) is 25.8 Å². The molecule has 0 saturated heterocycles. The molecule has 0 unspecified atom stereocenters. The molecule has 5 nitrogen and oxygen atoms in total. The molecule has 0 spiro atoms. The molecule has 0 saturated carbocycles. The highest BCUT2D eigenvalue weighted by atomic mass is 15.1. The molecular formula is C14H23N5. The summed E-state index contributed by atoms with van der Waals surface area (Å²) in [4.78, 5) is 8.76. The molecule has 0 amide bonds. The van der Waals surface area contributed by atoms with Crippen LogP contribution in [0.15, 0.2) is 24.9 Å². The summed E-state index contributed by atoms with van der Waals surface area (Å²) in [6.07, 6.45) is 11.0. The van der Waals surface area contributed by atoms with Gasteiger partial charge in [-0.05, 0) is 13.0 Å². The Kier molecular flexibility index (Phi) is 5.15. The molecule has 0 radical (unpaired) electrons. The first-order chi connectivity index (χ1) is 9.29. The summed E-state index contributed by atoms with van der Waals surface area (Å²) in [5.41, 5.74) is 1.16. The third-order valence-electron chi connectivity index (χ3n) is 3.19. The van der Waals surface area contributed by atoms with Gasteiger partial charge < -0.3 is 14.5 Å². The summed E-state index contributed by atoms with van der Waals surface area (Å²) < 4.78 is 4.20. The maximum atomic E-state index is 4.43. The van der Waals surface area contributed by atoms with Crippen LogP contribution in [0, 0.1) is 0 Å². The molecule has 2 aromatic heterocycles. The van der Waals surface area contributed by atoms with Gasteiger partial charge in [0.1, 0.15) is 5.82 Å². The lowest BCUT2D eigenvalue weighted by atomic mass is 10.3. The Hall–Kier alpha value is -1.62. The molecule has 2 heterocycles. The summed E-state index contributed by atoms with van der Waals surface area (Å²) in [5, 5.41) is 3.39. The number of aromatic nitrogens is 4. The molecule has 19 heavy (non-hydrogen) atoms. The molecule has 0 aromatic carbocycles. The fraction of sp³-hybridized carbons (Fsp3) is 0.571. The molecule has 2 aromatic rings. The summed E-state index contributed by atoms with van der Waals surface area (Å²) in [7, 11) is 2.03. The summed E-state index contributed by atoms with van der Waals surface area (Å²) >= 11 is 0. The number of hydrogen-bond donors (Lipinski definition) is 1. The van der Waals surface area contributed by atoms with Crippen LogP contribution in [0.3, 0.4) is 0 Å². The minimum absolute atomic E-state index is 0.931. The van der Waals surface area contributed by atoms with Crippen molar-refractivity contribution >= 4 is 0 Å². The minimum atomic E-state index is 0.931. The van der Waals surface area contributed by atoms with E-state index in [4.69, 9.17) is 0 Å². The van der Waals surface area contributed by atoms with Crippen LogP contribution in [0.5, 0.6) is 0 Å². The summed E-state index contributed by atoms with van der Waals surface area (Å²) in [6.45, 7) is 5.20. The van der Waals surface area contributed by atoms with Gasteiger partial charge >= 0.3 is 0 Å². The lowest BCUT2D eigenvalue weighted by Crippen LogP contribution is -2.17. The quantitative estimate of drug-likeness (QED) is 0.731. The SMILES string of the molecule is CCCNCCc1cn(CCc2nccn2C)cn1. The summed E-state index contributed by atoms with van der Waals surface area (Å²) in [6, 6.07) is 0. The zero-order chi connectivity index (χ0) is 13.5. The van der Waals surface area contributed by atoms with Gasteiger partial charge in [0.15, 0.2) is 0 Å². The van der Waals surface area contributed by atoms with Crippen LogP contribution in [0.25, 0.3) is 0 Å². The van der Waals surface area contributed by atoms with E-state index in [1.54, 1.807) is 0 Å². The first-order valence-corrected chi connectivity index (χ1v) is 6.97. The molecule has 1 N–H and O–H groups in total. The third kappa shape index (κ3) is 4.21. The Morgan fingerprint density at radius 3 is 2.84 bits per heavy atom. The fourth-order valence-corrected chi connectivity index (χ4v) is 2.04. The average molecular weight is 261 g/mol. The number of nitrogens with zero attached hydrogens (tertiary/aromatic N) is 4. The highest BCUT2D eigenvalue weighted by molar-refractivity contribution is 4.98. The van der Waals surface area contributed by atoms with E-state index in [1.165, 1.54) is 6.42 Å².